The molecule has 1 amide bonds. The number of nitrogens with one attached hydrogen (secondary N) is 1. The van der Waals surface area contributed by atoms with Gasteiger partial charge in [-0.05, 0) is 30.9 Å². The standard InChI is InChI=1S/C17H22N4O2S.2ClH/c18-16(13-4-9-23-10-5-13)17(22)20-8-3-15-21-14(11-24-15)12-1-6-19-7-2-12;;/h1-2,6-7,11,13,16H,3-5,8-10,18H2,(H,20,22);2*1H. The van der Waals surface area contributed by atoms with E-state index in [0.717, 1.165) is 29.1 Å². The number of amides is 1. The topological polar surface area (TPSA) is 90.1 Å². The molecule has 1 unspecified atom stereocenters. The van der Waals surface area contributed by atoms with Gasteiger partial charge < -0.3 is 15.8 Å². The van der Waals surface area contributed by atoms with Crippen LogP contribution >= 0.6 is 36.2 Å². The highest BCUT2D eigenvalue weighted by Crippen LogP contribution is 2.21. The maximum atomic E-state index is 12.2. The number of nitrogens with two attached hydrogens (primary N) is 1. The predicted octanol–water partition coefficient (Wildman–Crippen LogP) is 2.46. The maximum absolute atomic E-state index is 12.2. The summed E-state index contributed by atoms with van der Waals surface area (Å²) in [5, 5.41) is 5.96. The average molecular weight is 419 g/mol. The van der Waals surface area contributed by atoms with Gasteiger partial charge >= 0.3 is 0 Å². The van der Waals surface area contributed by atoms with Gasteiger partial charge in [0.25, 0.3) is 0 Å². The minimum Gasteiger partial charge on any atom is -0.381 e. The Labute approximate surface area is 169 Å². The van der Waals surface area contributed by atoms with Crippen LogP contribution in [0.5, 0.6) is 0 Å². The van der Waals surface area contributed by atoms with E-state index in [-0.39, 0.29) is 36.6 Å². The Bertz CT molecular complexity index is 666. The molecular formula is C17H24Cl2N4O2S. The molecule has 1 fully saturated rings. The van der Waals surface area contributed by atoms with E-state index >= 15 is 0 Å². The highest BCUT2D eigenvalue weighted by atomic mass is 35.5. The van der Waals surface area contributed by atoms with Crippen molar-refractivity contribution in [2.45, 2.75) is 25.3 Å². The van der Waals surface area contributed by atoms with E-state index in [1.54, 1.807) is 23.7 Å². The van der Waals surface area contributed by atoms with E-state index in [9.17, 15) is 4.79 Å². The number of carbonyl (C=O) groups is 1. The first kappa shape index (κ1) is 22.8. The molecule has 26 heavy (non-hydrogen) atoms. The molecule has 0 bridgehead atoms. The Morgan fingerprint density at radius 1 is 1.31 bits per heavy atom. The summed E-state index contributed by atoms with van der Waals surface area (Å²) >= 11 is 1.60. The third kappa shape index (κ3) is 6.17. The summed E-state index contributed by atoms with van der Waals surface area (Å²) in [6.45, 7) is 1.95. The first-order chi connectivity index (χ1) is 11.7. The van der Waals surface area contributed by atoms with Crippen molar-refractivity contribution in [3.63, 3.8) is 0 Å². The van der Waals surface area contributed by atoms with E-state index in [0.29, 0.717) is 26.2 Å². The monoisotopic (exact) mass is 418 g/mol. The Morgan fingerprint density at radius 2 is 2.00 bits per heavy atom. The summed E-state index contributed by atoms with van der Waals surface area (Å²) in [5.74, 6) is 0.143. The smallest absolute Gasteiger partial charge is 0.237 e. The summed E-state index contributed by atoms with van der Waals surface area (Å²) in [6, 6.07) is 3.43. The lowest BCUT2D eigenvalue weighted by Crippen LogP contribution is -2.47. The number of hydrogen-bond acceptors (Lipinski definition) is 6. The van der Waals surface area contributed by atoms with Gasteiger partial charge in [0.2, 0.25) is 5.91 Å². The number of aromatic nitrogens is 2. The lowest BCUT2D eigenvalue weighted by atomic mass is 9.92. The fourth-order valence-electron chi connectivity index (χ4n) is 2.78. The lowest BCUT2D eigenvalue weighted by molar-refractivity contribution is -0.124. The molecule has 0 aliphatic carbocycles. The molecule has 144 valence electrons. The number of pyridine rings is 1. The highest BCUT2D eigenvalue weighted by Gasteiger charge is 2.26. The number of hydrogen-bond donors (Lipinski definition) is 2. The quantitative estimate of drug-likeness (QED) is 0.751. The van der Waals surface area contributed by atoms with Crippen molar-refractivity contribution < 1.29 is 9.53 Å². The number of halogens is 2. The van der Waals surface area contributed by atoms with Gasteiger partial charge in [-0.3, -0.25) is 9.78 Å². The Hall–Kier alpha value is -1.25. The van der Waals surface area contributed by atoms with Gasteiger partial charge in [-0.1, -0.05) is 0 Å². The van der Waals surface area contributed by atoms with E-state index < -0.39 is 6.04 Å². The number of thiazole rings is 1. The van der Waals surface area contributed by atoms with Crippen LogP contribution in [0.4, 0.5) is 0 Å². The summed E-state index contributed by atoms with van der Waals surface area (Å²) in [5.41, 5.74) is 8.07. The fourth-order valence-corrected chi connectivity index (χ4v) is 3.59. The number of carbonyl (C=O) groups excluding carboxylic acids is 1. The van der Waals surface area contributed by atoms with Crippen molar-refractivity contribution in [2.75, 3.05) is 19.8 Å². The lowest BCUT2D eigenvalue weighted by Gasteiger charge is -2.26. The van der Waals surface area contributed by atoms with Crippen LogP contribution in [0.3, 0.4) is 0 Å². The normalized spacial score (nSPS) is 15.4. The first-order valence-electron chi connectivity index (χ1n) is 8.20. The largest absolute Gasteiger partial charge is 0.381 e. The third-order valence-corrected chi connectivity index (χ3v) is 5.15. The maximum Gasteiger partial charge on any atom is 0.237 e. The molecule has 1 aliphatic heterocycles. The number of ether oxygens (including phenoxy) is 1. The molecule has 1 aliphatic rings. The molecule has 3 rings (SSSR count). The summed E-state index contributed by atoms with van der Waals surface area (Å²) in [6.07, 6.45) is 5.94. The minimum atomic E-state index is -0.447. The van der Waals surface area contributed by atoms with Crippen LogP contribution in [-0.2, 0) is 16.0 Å². The van der Waals surface area contributed by atoms with E-state index in [2.05, 4.69) is 15.3 Å². The van der Waals surface area contributed by atoms with Crippen LogP contribution < -0.4 is 11.1 Å². The summed E-state index contributed by atoms with van der Waals surface area (Å²) < 4.78 is 5.31. The molecule has 1 saturated heterocycles. The van der Waals surface area contributed by atoms with Crippen LogP contribution in [0.1, 0.15) is 17.8 Å². The SMILES string of the molecule is Cl.Cl.NC(C(=O)NCCc1nc(-c2ccncc2)cs1)C1CCOCC1. The van der Waals surface area contributed by atoms with Gasteiger partial charge in [-0.2, -0.15) is 0 Å². The van der Waals surface area contributed by atoms with Crippen molar-refractivity contribution in [3.05, 3.63) is 34.9 Å². The van der Waals surface area contributed by atoms with Crippen LogP contribution in [0.25, 0.3) is 11.3 Å². The second kappa shape index (κ2) is 11.5. The number of rotatable bonds is 6. The third-order valence-electron chi connectivity index (χ3n) is 4.24. The Balaban J connectivity index is 0.00000169. The Kier molecular flexibility index (Phi) is 10.0. The van der Waals surface area contributed by atoms with Crippen molar-refractivity contribution in [2.24, 2.45) is 11.7 Å². The van der Waals surface area contributed by atoms with Gasteiger partial charge in [-0.25, -0.2) is 4.98 Å². The molecule has 0 spiro atoms. The zero-order valence-corrected chi connectivity index (χ0v) is 16.7. The molecule has 0 aromatic carbocycles. The molecule has 0 saturated carbocycles. The second-order valence-electron chi connectivity index (χ2n) is 5.88. The molecule has 2 aromatic heterocycles. The minimum absolute atomic E-state index is 0. The highest BCUT2D eigenvalue weighted by molar-refractivity contribution is 7.09. The van der Waals surface area contributed by atoms with E-state index in [4.69, 9.17) is 10.5 Å². The Morgan fingerprint density at radius 3 is 2.69 bits per heavy atom. The number of nitrogens with zero attached hydrogens (tertiary/aromatic N) is 2. The fraction of sp³-hybridized carbons (Fsp3) is 0.471. The molecule has 3 heterocycles. The second-order valence-corrected chi connectivity index (χ2v) is 6.82. The molecule has 3 N–H and O–H groups in total. The zero-order chi connectivity index (χ0) is 16.8. The predicted molar refractivity (Wildman–Crippen MR) is 108 cm³/mol. The molecule has 1 atom stereocenters. The van der Waals surface area contributed by atoms with Gasteiger partial charge in [0.15, 0.2) is 0 Å². The summed E-state index contributed by atoms with van der Waals surface area (Å²) in [4.78, 5) is 20.8. The van der Waals surface area contributed by atoms with Crippen molar-refractivity contribution in [1.29, 1.82) is 0 Å². The van der Waals surface area contributed by atoms with Crippen molar-refractivity contribution in [3.8, 4) is 11.3 Å². The van der Waals surface area contributed by atoms with E-state index in [1.807, 2.05) is 17.5 Å². The van der Waals surface area contributed by atoms with Crippen LogP contribution in [0, 0.1) is 5.92 Å². The van der Waals surface area contributed by atoms with Gasteiger partial charge in [0.1, 0.15) is 0 Å². The first-order valence-corrected chi connectivity index (χ1v) is 9.08. The van der Waals surface area contributed by atoms with Crippen LogP contribution in [0.15, 0.2) is 29.9 Å². The van der Waals surface area contributed by atoms with Gasteiger partial charge in [0.05, 0.1) is 16.7 Å². The van der Waals surface area contributed by atoms with Crippen LogP contribution in [0.2, 0.25) is 0 Å². The zero-order valence-electron chi connectivity index (χ0n) is 14.3. The van der Waals surface area contributed by atoms with Crippen LogP contribution in [-0.4, -0.2) is 41.7 Å². The average Bonchev–Trinajstić information content (AvgIpc) is 3.11. The molecule has 6 nitrogen and oxygen atoms in total. The molecule has 2 aromatic rings. The van der Waals surface area contributed by atoms with Crippen molar-refractivity contribution >= 4 is 42.1 Å². The molecule has 9 heteroatoms. The molecule has 0 radical (unpaired) electrons. The molecular weight excluding hydrogens is 395 g/mol. The van der Waals surface area contributed by atoms with Crippen molar-refractivity contribution in [1.82, 2.24) is 15.3 Å². The van der Waals surface area contributed by atoms with E-state index in [1.165, 1.54) is 0 Å². The summed E-state index contributed by atoms with van der Waals surface area (Å²) in [7, 11) is 0. The van der Waals surface area contributed by atoms with Gasteiger partial charge in [-0.15, -0.1) is 36.2 Å². The van der Waals surface area contributed by atoms with Gasteiger partial charge in [0, 0.05) is 49.5 Å².